The molecule has 1 fully saturated rings. The predicted molar refractivity (Wildman–Crippen MR) is 103 cm³/mol. The first-order valence-electron chi connectivity index (χ1n) is 8.74. The summed E-state index contributed by atoms with van der Waals surface area (Å²) in [5.41, 5.74) is 1.92. The lowest BCUT2D eigenvalue weighted by Gasteiger charge is -2.42. The van der Waals surface area contributed by atoms with Crippen LogP contribution in [0.15, 0.2) is 71.9 Å². The van der Waals surface area contributed by atoms with Gasteiger partial charge in [0.05, 0.1) is 6.61 Å². The average molecular weight is 395 g/mol. The van der Waals surface area contributed by atoms with Crippen LogP contribution in [0.25, 0.3) is 0 Å². The molecule has 142 valence electrons. The van der Waals surface area contributed by atoms with Crippen molar-refractivity contribution in [1.82, 2.24) is 4.90 Å². The molecule has 1 saturated heterocycles. The normalized spacial score (nSPS) is 18.8. The van der Waals surface area contributed by atoms with Gasteiger partial charge in [0, 0.05) is 5.75 Å². The van der Waals surface area contributed by atoms with Crippen molar-refractivity contribution >= 4 is 29.4 Å². The molecular weight excluding hydrogens is 378 g/mol. The van der Waals surface area contributed by atoms with Gasteiger partial charge in [-0.2, -0.15) is 0 Å². The molecule has 0 radical (unpaired) electrons. The molecule has 0 spiro atoms. The number of benzene rings is 2. The highest BCUT2D eigenvalue weighted by atomic mass is 32.2. The molecule has 0 saturated carbocycles. The highest BCUT2D eigenvalue weighted by molar-refractivity contribution is 8.01. The Kier molecular flexibility index (Phi) is 5.02. The molecule has 1 unspecified atom stereocenters. The monoisotopic (exact) mass is 395 g/mol. The van der Waals surface area contributed by atoms with Gasteiger partial charge < -0.3 is 9.84 Å². The van der Waals surface area contributed by atoms with Crippen LogP contribution in [-0.4, -0.2) is 45.4 Å². The van der Waals surface area contributed by atoms with E-state index in [4.69, 9.17) is 4.74 Å². The zero-order chi connectivity index (χ0) is 19.7. The van der Waals surface area contributed by atoms with Crippen molar-refractivity contribution in [1.29, 1.82) is 0 Å². The molecule has 7 heteroatoms. The minimum atomic E-state index is -0.744. The third-order valence-corrected chi connectivity index (χ3v) is 5.95. The number of esters is 1. The average Bonchev–Trinajstić information content (AvgIpc) is 2.76. The zero-order valence-corrected chi connectivity index (χ0v) is 15.6. The topological polar surface area (TPSA) is 83.9 Å². The Morgan fingerprint density at radius 1 is 1.07 bits per heavy atom. The number of hydrogen-bond donors (Lipinski definition) is 1. The molecular formula is C21H17NO5S. The van der Waals surface area contributed by atoms with Gasteiger partial charge in [0.2, 0.25) is 0 Å². The Morgan fingerprint density at radius 3 is 2.18 bits per heavy atom. The number of aliphatic hydroxyl groups excluding tert-OH is 1. The number of aliphatic hydroxyl groups is 1. The minimum absolute atomic E-state index is 0.0206. The second kappa shape index (κ2) is 7.61. The van der Waals surface area contributed by atoms with Crippen molar-refractivity contribution < 1.29 is 24.2 Å². The fraction of sp³-hybridized carbons (Fsp3) is 0.190. The van der Waals surface area contributed by atoms with Crippen molar-refractivity contribution in [3.8, 4) is 0 Å². The summed E-state index contributed by atoms with van der Waals surface area (Å²) < 4.78 is 5.81. The lowest BCUT2D eigenvalue weighted by Crippen LogP contribution is -2.62. The summed E-state index contributed by atoms with van der Waals surface area (Å²) in [6.07, 6.45) is -0.678. The quantitative estimate of drug-likeness (QED) is 0.474. The van der Waals surface area contributed by atoms with Gasteiger partial charge in [-0.05, 0) is 16.7 Å². The molecule has 2 aliphatic rings. The van der Waals surface area contributed by atoms with Gasteiger partial charge in [-0.25, -0.2) is 4.79 Å². The maximum Gasteiger partial charge on any atom is 0.356 e. The van der Waals surface area contributed by atoms with Gasteiger partial charge in [0.25, 0.3) is 11.7 Å². The van der Waals surface area contributed by atoms with E-state index in [0.29, 0.717) is 11.3 Å². The van der Waals surface area contributed by atoms with E-state index in [1.165, 1.54) is 11.8 Å². The molecule has 1 N–H and O–H groups in total. The number of ketones is 1. The number of carbonyl (C=O) groups excluding carboxylic acids is 3. The SMILES string of the molecule is O=C(OC(c1ccccc1)c1ccccc1)C1=C(CO)CSC2C(=O)C(=O)N12. The summed E-state index contributed by atoms with van der Waals surface area (Å²) in [6, 6.07) is 18.5. The van der Waals surface area contributed by atoms with Crippen LogP contribution in [0.1, 0.15) is 17.2 Å². The first-order valence-corrected chi connectivity index (χ1v) is 9.79. The van der Waals surface area contributed by atoms with Crippen LogP contribution in [0.5, 0.6) is 0 Å². The standard InChI is InChI=1S/C21H17NO5S/c23-11-15-12-28-20-17(24)19(25)22(20)16(15)21(26)27-18(13-7-3-1-4-8-13)14-9-5-2-6-10-14/h1-10,18,20,23H,11-12H2. The summed E-state index contributed by atoms with van der Waals surface area (Å²) >= 11 is 1.22. The zero-order valence-electron chi connectivity index (χ0n) is 14.8. The highest BCUT2D eigenvalue weighted by Gasteiger charge is 2.53. The van der Waals surface area contributed by atoms with Crippen molar-refractivity contribution in [2.75, 3.05) is 12.4 Å². The van der Waals surface area contributed by atoms with Crippen LogP contribution in [0.2, 0.25) is 0 Å². The summed E-state index contributed by atoms with van der Waals surface area (Å²) in [4.78, 5) is 38.0. The number of hydrogen-bond acceptors (Lipinski definition) is 6. The Balaban J connectivity index is 1.69. The maximum absolute atomic E-state index is 13.1. The van der Waals surface area contributed by atoms with E-state index >= 15 is 0 Å². The number of ether oxygens (including phenoxy) is 1. The molecule has 28 heavy (non-hydrogen) atoms. The number of nitrogens with zero attached hydrogens (tertiary/aromatic N) is 1. The number of fused-ring (bicyclic) bond motifs is 1. The van der Waals surface area contributed by atoms with Crippen LogP contribution in [0.4, 0.5) is 0 Å². The summed E-state index contributed by atoms with van der Waals surface area (Å²) in [5.74, 6) is -1.71. The van der Waals surface area contributed by atoms with Crippen LogP contribution in [0.3, 0.4) is 0 Å². The smallest absolute Gasteiger partial charge is 0.356 e. The number of β-lactam (4-membered cyclic amide) rings is 1. The maximum atomic E-state index is 13.1. The van der Waals surface area contributed by atoms with Gasteiger partial charge in [0.15, 0.2) is 11.5 Å². The van der Waals surface area contributed by atoms with Crippen molar-refractivity contribution in [3.05, 3.63) is 83.1 Å². The summed E-state index contributed by atoms with van der Waals surface area (Å²) in [5, 5.41) is 8.95. The Hall–Kier alpha value is -2.90. The predicted octanol–water partition coefficient (Wildman–Crippen LogP) is 2.05. The number of thioether (sulfide) groups is 1. The van der Waals surface area contributed by atoms with Crippen LogP contribution in [0, 0.1) is 0 Å². The van der Waals surface area contributed by atoms with E-state index in [1.54, 1.807) is 0 Å². The molecule has 2 aromatic rings. The van der Waals surface area contributed by atoms with Gasteiger partial charge in [-0.3, -0.25) is 14.5 Å². The van der Waals surface area contributed by atoms with E-state index in [9.17, 15) is 19.5 Å². The third-order valence-electron chi connectivity index (χ3n) is 4.69. The summed E-state index contributed by atoms with van der Waals surface area (Å²) in [7, 11) is 0. The number of amides is 1. The Bertz CT molecular complexity index is 918. The first-order chi connectivity index (χ1) is 13.6. The Morgan fingerprint density at radius 2 is 1.64 bits per heavy atom. The number of carbonyl (C=O) groups is 3. The number of rotatable bonds is 5. The van der Waals surface area contributed by atoms with E-state index < -0.39 is 29.1 Å². The molecule has 6 nitrogen and oxygen atoms in total. The van der Waals surface area contributed by atoms with E-state index in [2.05, 4.69) is 0 Å². The minimum Gasteiger partial charge on any atom is -0.448 e. The van der Waals surface area contributed by atoms with Gasteiger partial charge in [0.1, 0.15) is 5.70 Å². The molecule has 2 heterocycles. The van der Waals surface area contributed by atoms with Crippen LogP contribution in [-0.2, 0) is 19.1 Å². The second-order valence-corrected chi connectivity index (χ2v) is 7.49. The second-order valence-electron chi connectivity index (χ2n) is 6.42. The fourth-order valence-corrected chi connectivity index (χ4v) is 4.47. The summed E-state index contributed by atoms with van der Waals surface area (Å²) in [6.45, 7) is -0.385. The van der Waals surface area contributed by atoms with Crippen LogP contribution < -0.4 is 0 Å². The molecule has 2 aromatic carbocycles. The van der Waals surface area contributed by atoms with E-state index in [1.807, 2.05) is 60.7 Å². The van der Waals surface area contributed by atoms with Crippen LogP contribution >= 0.6 is 11.8 Å². The third kappa shape index (κ3) is 3.12. The lowest BCUT2D eigenvalue weighted by atomic mass is 10.0. The molecule has 0 bridgehead atoms. The van der Waals surface area contributed by atoms with Crippen molar-refractivity contribution in [3.63, 3.8) is 0 Å². The molecule has 1 amide bonds. The highest BCUT2D eigenvalue weighted by Crippen LogP contribution is 2.39. The lowest BCUT2D eigenvalue weighted by molar-refractivity contribution is -0.158. The number of Topliss-reactive ketones (excluding diaryl/α,β-unsaturated/α-hetero) is 1. The van der Waals surface area contributed by atoms with Crippen molar-refractivity contribution in [2.45, 2.75) is 11.5 Å². The van der Waals surface area contributed by atoms with E-state index in [-0.39, 0.29) is 12.3 Å². The fourth-order valence-electron chi connectivity index (χ4n) is 3.28. The molecule has 4 rings (SSSR count). The van der Waals surface area contributed by atoms with Gasteiger partial charge in [-0.1, -0.05) is 60.7 Å². The molecule has 0 aliphatic carbocycles. The van der Waals surface area contributed by atoms with E-state index in [0.717, 1.165) is 16.0 Å². The molecule has 2 aliphatic heterocycles. The largest absolute Gasteiger partial charge is 0.448 e. The van der Waals surface area contributed by atoms with Crippen molar-refractivity contribution in [2.24, 2.45) is 0 Å². The molecule has 0 aromatic heterocycles. The van der Waals surface area contributed by atoms with Gasteiger partial charge in [-0.15, -0.1) is 11.8 Å². The Labute approximate surface area is 165 Å². The molecule has 1 atom stereocenters. The first kappa shape index (κ1) is 18.5. The van der Waals surface area contributed by atoms with Gasteiger partial charge >= 0.3 is 5.97 Å².